The standard InChI is InChI=1S/C16H14N2O6/c1-23-14(19)7-13(16(22)24-2)18-12-4-3-10(15(20)21)9-5-6-17-8-11(9)12/h3-8,18H,1-2H3,(H,20,21)/b13-7+. The smallest absolute Gasteiger partial charge is 0.354 e. The number of carbonyl (C=O) groups excluding carboxylic acids is 2. The van der Waals surface area contributed by atoms with E-state index in [9.17, 15) is 19.5 Å². The molecule has 0 fully saturated rings. The minimum atomic E-state index is -1.09. The summed E-state index contributed by atoms with van der Waals surface area (Å²) in [6, 6.07) is 4.41. The third kappa shape index (κ3) is 3.49. The first kappa shape index (κ1) is 16.9. The van der Waals surface area contributed by atoms with Gasteiger partial charge < -0.3 is 19.9 Å². The number of hydrogen-bond donors (Lipinski definition) is 2. The van der Waals surface area contributed by atoms with Crippen LogP contribution >= 0.6 is 0 Å². The first-order chi connectivity index (χ1) is 11.5. The van der Waals surface area contributed by atoms with Crippen LogP contribution in [0.3, 0.4) is 0 Å². The van der Waals surface area contributed by atoms with E-state index in [1.54, 1.807) is 6.07 Å². The van der Waals surface area contributed by atoms with Crippen molar-refractivity contribution in [3.63, 3.8) is 0 Å². The Labute approximate surface area is 136 Å². The highest BCUT2D eigenvalue weighted by atomic mass is 16.5. The van der Waals surface area contributed by atoms with Crippen molar-refractivity contribution < 1.29 is 29.0 Å². The number of aromatic carboxylic acids is 1. The van der Waals surface area contributed by atoms with Gasteiger partial charge in [0.15, 0.2) is 0 Å². The molecule has 1 heterocycles. The van der Waals surface area contributed by atoms with Gasteiger partial charge in [0.2, 0.25) is 0 Å². The Morgan fingerprint density at radius 3 is 2.50 bits per heavy atom. The molecule has 2 rings (SSSR count). The van der Waals surface area contributed by atoms with Crippen LogP contribution in [0.2, 0.25) is 0 Å². The number of carboxylic acids is 1. The monoisotopic (exact) mass is 330 g/mol. The molecule has 2 N–H and O–H groups in total. The minimum Gasteiger partial charge on any atom is -0.478 e. The number of aromatic nitrogens is 1. The summed E-state index contributed by atoms with van der Waals surface area (Å²) in [7, 11) is 2.34. The van der Waals surface area contributed by atoms with E-state index in [1.807, 2.05) is 0 Å². The molecule has 8 heteroatoms. The van der Waals surface area contributed by atoms with E-state index in [4.69, 9.17) is 0 Å². The number of nitrogens with zero attached hydrogens (tertiary/aromatic N) is 1. The molecule has 1 aromatic carbocycles. The number of carbonyl (C=O) groups is 3. The van der Waals surface area contributed by atoms with Crippen LogP contribution in [0.15, 0.2) is 42.4 Å². The summed E-state index contributed by atoms with van der Waals surface area (Å²) >= 11 is 0. The van der Waals surface area contributed by atoms with Gasteiger partial charge in [-0.05, 0) is 18.2 Å². The van der Waals surface area contributed by atoms with Crippen LogP contribution in [0.5, 0.6) is 0 Å². The van der Waals surface area contributed by atoms with E-state index in [0.29, 0.717) is 16.5 Å². The molecule has 8 nitrogen and oxygen atoms in total. The summed E-state index contributed by atoms with van der Waals surface area (Å²) in [5.74, 6) is -2.61. The Kier molecular flexibility index (Phi) is 5.10. The van der Waals surface area contributed by atoms with Gasteiger partial charge in [-0.25, -0.2) is 14.4 Å². The lowest BCUT2D eigenvalue weighted by atomic mass is 10.0. The number of anilines is 1. The van der Waals surface area contributed by atoms with Crippen LogP contribution < -0.4 is 5.32 Å². The third-order valence-electron chi connectivity index (χ3n) is 3.19. The van der Waals surface area contributed by atoms with Crippen molar-refractivity contribution in [2.45, 2.75) is 0 Å². The van der Waals surface area contributed by atoms with Gasteiger partial charge in [-0.3, -0.25) is 4.98 Å². The first-order valence-corrected chi connectivity index (χ1v) is 6.73. The molecule has 0 spiro atoms. The van der Waals surface area contributed by atoms with Crippen LogP contribution in [0, 0.1) is 0 Å². The molecular weight excluding hydrogens is 316 g/mol. The number of fused-ring (bicyclic) bond motifs is 1. The molecule has 0 saturated carbocycles. The highest BCUT2D eigenvalue weighted by Crippen LogP contribution is 2.27. The Bertz CT molecular complexity index is 844. The van der Waals surface area contributed by atoms with Gasteiger partial charge >= 0.3 is 17.9 Å². The van der Waals surface area contributed by atoms with Gasteiger partial charge in [0.05, 0.1) is 25.9 Å². The van der Waals surface area contributed by atoms with Gasteiger partial charge in [0.1, 0.15) is 5.70 Å². The molecule has 1 aromatic heterocycles. The SMILES string of the molecule is COC(=O)/C=C(/Nc1ccc(C(=O)O)c2ccncc12)C(=O)OC. The molecule has 0 aliphatic carbocycles. The first-order valence-electron chi connectivity index (χ1n) is 6.73. The van der Waals surface area contributed by atoms with Crippen LogP contribution in [0.25, 0.3) is 10.8 Å². The normalized spacial score (nSPS) is 11.0. The summed E-state index contributed by atoms with van der Waals surface area (Å²) in [5, 5.41) is 12.9. The molecule has 124 valence electrons. The minimum absolute atomic E-state index is 0.0921. The lowest BCUT2D eigenvalue weighted by molar-refractivity contribution is -0.138. The number of esters is 2. The number of carboxylic acid groups (broad SMARTS) is 1. The van der Waals surface area contributed by atoms with Crippen LogP contribution in [0.4, 0.5) is 5.69 Å². The fourth-order valence-corrected chi connectivity index (χ4v) is 2.06. The molecule has 0 aliphatic rings. The molecule has 24 heavy (non-hydrogen) atoms. The zero-order chi connectivity index (χ0) is 17.7. The summed E-state index contributed by atoms with van der Waals surface area (Å²) in [6.45, 7) is 0. The van der Waals surface area contributed by atoms with Gasteiger partial charge in [-0.2, -0.15) is 0 Å². The highest BCUT2D eigenvalue weighted by molar-refractivity contribution is 6.09. The number of ether oxygens (including phenoxy) is 2. The maximum absolute atomic E-state index is 11.8. The summed E-state index contributed by atoms with van der Waals surface area (Å²) in [6.07, 6.45) is 3.86. The van der Waals surface area contributed by atoms with Crippen molar-refractivity contribution in [3.05, 3.63) is 47.9 Å². The maximum Gasteiger partial charge on any atom is 0.354 e. The second-order valence-corrected chi connectivity index (χ2v) is 4.58. The van der Waals surface area contributed by atoms with Crippen molar-refractivity contribution in [2.75, 3.05) is 19.5 Å². The van der Waals surface area contributed by atoms with E-state index in [2.05, 4.69) is 19.8 Å². The number of benzene rings is 1. The summed E-state index contributed by atoms with van der Waals surface area (Å²) in [5.41, 5.74) is 0.329. The molecule has 0 atom stereocenters. The topological polar surface area (TPSA) is 115 Å². The molecule has 0 saturated heterocycles. The van der Waals surface area contributed by atoms with Crippen LogP contribution in [-0.2, 0) is 19.1 Å². The van der Waals surface area contributed by atoms with Gasteiger partial charge in [-0.1, -0.05) is 0 Å². The molecule has 0 aliphatic heterocycles. The number of pyridine rings is 1. The lowest BCUT2D eigenvalue weighted by Crippen LogP contribution is -2.16. The zero-order valence-corrected chi connectivity index (χ0v) is 12.9. The predicted octanol–water partition coefficient (Wildman–Crippen LogP) is 1.57. The van der Waals surface area contributed by atoms with E-state index in [-0.39, 0.29) is 11.3 Å². The fourth-order valence-electron chi connectivity index (χ4n) is 2.06. The number of rotatable bonds is 5. The third-order valence-corrected chi connectivity index (χ3v) is 3.19. The second-order valence-electron chi connectivity index (χ2n) is 4.58. The van der Waals surface area contributed by atoms with E-state index in [0.717, 1.165) is 6.08 Å². The number of hydrogen-bond acceptors (Lipinski definition) is 7. The van der Waals surface area contributed by atoms with E-state index >= 15 is 0 Å². The van der Waals surface area contributed by atoms with Crippen molar-refractivity contribution in [1.29, 1.82) is 0 Å². The Morgan fingerprint density at radius 1 is 1.12 bits per heavy atom. The van der Waals surface area contributed by atoms with Crippen molar-refractivity contribution >= 4 is 34.4 Å². The van der Waals surface area contributed by atoms with Gasteiger partial charge in [0, 0.05) is 28.9 Å². The lowest BCUT2D eigenvalue weighted by Gasteiger charge is -2.12. The molecular formula is C16H14N2O6. The van der Waals surface area contributed by atoms with Gasteiger partial charge in [-0.15, -0.1) is 0 Å². The average molecular weight is 330 g/mol. The largest absolute Gasteiger partial charge is 0.478 e. The average Bonchev–Trinajstić information content (AvgIpc) is 2.60. The van der Waals surface area contributed by atoms with Crippen molar-refractivity contribution in [2.24, 2.45) is 0 Å². The summed E-state index contributed by atoms with van der Waals surface area (Å²) in [4.78, 5) is 38.5. The van der Waals surface area contributed by atoms with E-state index < -0.39 is 17.9 Å². The second kappa shape index (κ2) is 7.23. The molecule has 0 unspecified atom stereocenters. The molecule has 0 radical (unpaired) electrons. The number of methoxy groups -OCH3 is 2. The highest BCUT2D eigenvalue weighted by Gasteiger charge is 2.16. The molecule has 0 bridgehead atoms. The van der Waals surface area contributed by atoms with Crippen molar-refractivity contribution in [3.8, 4) is 0 Å². The zero-order valence-electron chi connectivity index (χ0n) is 12.9. The Hall–Kier alpha value is -3.42. The van der Waals surface area contributed by atoms with E-state index in [1.165, 1.54) is 38.7 Å². The van der Waals surface area contributed by atoms with Crippen LogP contribution in [-0.4, -0.2) is 42.2 Å². The predicted molar refractivity (Wildman–Crippen MR) is 84.4 cm³/mol. The van der Waals surface area contributed by atoms with Gasteiger partial charge in [0.25, 0.3) is 0 Å². The molecule has 2 aromatic rings. The van der Waals surface area contributed by atoms with Crippen LogP contribution in [0.1, 0.15) is 10.4 Å². The fraction of sp³-hybridized carbons (Fsp3) is 0.125. The Morgan fingerprint density at radius 2 is 1.88 bits per heavy atom. The maximum atomic E-state index is 11.8. The van der Waals surface area contributed by atoms with Crippen molar-refractivity contribution in [1.82, 2.24) is 4.98 Å². The Balaban J connectivity index is 2.54. The summed E-state index contributed by atoms with van der Waals surface area (Å²) < 4.78 is 9.11. The number of nitrogens with one attached hydrogen (secondary N) is 1. The molecule has 0 amide bonds. The quantitative estimate of drug-likeness (QED) is 0.627.